The van der Waals surface area contributed by atoms with Crippen molar-refractivity contribution in [2.24, 2.45) is 0 Å². The lowest BCUT2D eigenvalue weighted by atomic mass is 9.74. The zero-order chi connectivity index (χ0) is 13.7. The Bertz CT molecular complexity index is 364. The molecule has 0 bridgehead atoms. The molecule has 1 saturated heterocycles. The van der Waals surface area contributed by atoms with Gasteiger partial charge in [-0.1, -0.05) is 6.58 Å². The van der Waals surface area contributed by atoms with Gasteiger partial charge in [-0.15, -0.1) is 0 Å². The Balaban J connectivity index is 1.67. The van der Waals surface area contributed by atoms with Crippen LogP contribution in [0.5, 0.6) is 0 Å². The van der Waals surface area contributed by atoms with Crippen molar-refractivity contribution in [2.45, 2.75) is 50.2 Å². The topological polar surface area (TPSA) is 67.4 Å². The van der Waals surface area contributed by atoms with Gasteiger partial charge in [0.1, 0.15) is 0 Å². The minimum absolute atomic E-state index is 0.00858. The van der Waals surface area contributed by atoms with E-state index in [1.165, 1.54) is 12.5 Å². The molecule has 19 heavy (non-hydrogen) atoms. The monoisotopic (exact) mass is 266 g/mol. The van der Waals surface area contributed by atoms with Gasteiger partial charge in [-0.3, -0.25) is 9.59 Å². The predicted octanol–water partition coefficient (Wildman–Crippen LogP) is 0.897. The fourth-order valence-electron chi connectivity index (χ4n) is 2.74. The Morgan fingerprint density at radius 1 is 1.42 bits per heavy atom. The SMILES string of the molecule is C=CC(=O)NCCC(=O)NC1CCOC2(CCC2)C1. The number of hydrogen-bond donors (Lipinski definition) is 2. The molecule has 1 atom stereocenters. The van der Waals surface area contributed by atoms with Crippen molar-refractivity contribution in [2.75, 3.05) is 13.2 Å². The molecule has 0 radical (unpaired) electrons. The lowest BCUT2D eigenvalue weighted by Crippen LogP contribution is -2.52. The summed E-state index contributed by atoms with van der Waals surface area (Å²) in [5.74, 6) is -0.252. The van der Waals surface area contributed by atoms with Gasteiger partial charge < -0.3 is 15.4 Å². The molecule has 2 fully saturated rings. The highest BCUT2D eigenvalue weighted by molar-refractivity contribution is 5.87. The van der Waals surface area contributed by atoms with Crippen LogP contribution in [0, 0.1) is 0 Å². The maximum atomic E-state index is 11.8. The van der Waals surface area contributed by atoms with E-state index in [-0.39, 0.29) is 23.5 Å². The molecule has 1 aliphatic heterocycles. The molecule has 1 unspecified atom stereocenters. The van der Waals surface area contributed by atoms with Crippen molar-refractivity contribution in [3.63, 3.8) is 0 Å². The lowest BCUT2D eigenvalue weighted by Gasteiger charge is -2.47. The number of ether oxygens (including phenoxy) is 1. The molecule has 5 heteroatoms. The van der Waals surface area contributed by atoms with Gasteiger partial charge in [0.05, 0.1) is 5.60 Å². The van der Waals surface area contributed by atoms with E-state index in [1.54, 1.807) is 0 Å². The van der Waals surface area contributed by atoms with Gasteiger partial charge in [0.25, 0.3) is 0 Å². The van der Waals surface area contributed by atoms with Crippen LogP contribution in [-0.2, 0) is 14.3 Å². The molecule has 0 aromatic carbocycles. The zero-order valence-corrected chi connectivity index (χ0v) is 11.2. The van der Waals surface area contributed by atoms with Gasteiger partial charge in [-0.25, -0.2) is 0 Å². The van der Waals surface area contributed by atoms with Crippen LogP contribution in [0.25, 0.3) is 0 Å². The molecule has 0 aromatic rings. The van der Waals surface area contributed by atoms with Crippen LogP contribution in [0.1, 0.15) is 38.5 Å². The average molecular weight is 266 g/mol. The molecule has 1 spiro atoms. The zero-order valence-electron chi connectivity index (χ0n) is 11.2. The molecule has 5 nitrogen and oxygen atoms in total. The molecular weight excluding hydrogens is 244 g/mol. The van der Waals surface area contributed by atoms with Crippen molar-refractivity contribution in [1.82, 2.24) is 10.6 Å². The Labute approximate surface area is 113 Å². The summed E-state index contributed by atoms with van der Waals surface area (Å²) in [7, 11) is 0. The van der Waals surface area contributed by atoms with Gasteiger partial charge in [-0.05, 0) is 38.2 Å². The van der Waals surface area contributed by atoms with E-state index in [1.807, 2.05) is 0 Å². The first-order chi connectivity index (χ1) is 9.13. The Morgan fingerprint density at radius 2 is 2.21 bits per heavy atom. The van der Waals surface area contributed by atoms with Crippen molar-refractivity contribution in [3.05, 3.63) is 12.7 Å². The van der Waals surface area contributed by atoms with E-state index < -0.39 is 0 Å². The summed E-state index contributed by atoms with van der Waals surface area (Å²) in [5.41, 5.74) is 0.0489. The minimum Gasteiger partial charge on any atom is -0.375 e. The molecule has 0 aromatic heterocycles. The summed E-state index contributed by atoms with van der Waals surface area (Å²) in [6.07, 6.45) is 6.79. The molecule has 2 rings (SSSR count). The molecular formula is C14H22N2O3. The van der Waals surface area contributed by atoms with Gasteiger partial charge in [0, 0.05) is 25.6 Å². The largest absolute Gasteiger partial charge is 0.375 e. The van der Waals surface area contributed by atoms with Crippen LogP contribution in [0.2, 0.25) is 0 Å². The van der Waals surface area contributed by atoms with Crippen molar-refractivity contribution < 1.29 is 14.3 Å². The van der Waals surface area contributed by atoms with Gasteiger partial charge in [0.2, 0.25) is 11.8 Å². The standard InChI is InChI=1S/C14H22N2O3/c1-2-12(17)15-8-4-13(18)16-11-5-9-19-14(10-11)6-3-7-14/h2,11H,1,3-10H2,(H,15,17)(H,16,18). The molecule has 2 N–H and O–H groups in total. The summed E-state index contributed by atoms with van der Waals surface area (Å²) in [4.78, 5) is 22.7. The number of amides is 2. The first-order valence-corrected chi connectivity index (χ1v) is 6.97. The van der Waals surface area contributed by atoms with Crippen LogP contribution < -0.4 is 10.6 Å². The number of hydrogen-bond acceptors (Lipinski definition) is 3. The highest BCUT2D eigenvalue weighted by Crippen LogP contribution is 2.42. The molecule has 106 valence electrons. The fourth-order valence-corrected chi connectivity index (χ4v) is 2.74. The number of rotatable bonds is 5. The first kappa shape index (κ1) is 14.1. The Kier molecular flexibility index (Phi) is 4.58. The molecule has 1 aliphatic carbocycles. The van der Waals surface area contributed by atoms with Crippen LogP contribution in [0.3, 0.4) is 0 Å². The van der Waals surface area contributed by atoms with Crippen molar-refractivity contribution in [1.29, 1.82) is 0 Å². The summed E-state index contributed by atoms with van der Waals surface area (Å²) in [6.45, 7) is 4.44. The van der Waals surface area contributed by atoms with E-state index in [0.29, 0.717) is 13.0 Å². The van der Waals surface area contributed by atoms with Crippen molar-refractivity contribution >= 4 is 11.8 Å². The van der Waals surface area contributed by atoms with E-state index in [4.69, 9.17) is 4.74 Å². The third-order valence-electron chi connectivity index (χ3n) is 3.96. The van der Waals surface area contributed by atoms with E-state index in [0.717, 1.165) is 32.3 Å². The van der Waals surface area contributed by atoms with E-state index >= 15 is 0 Å². The normalized spacial score (nSPS) is 24.3. The van der Waals surface area contributed by atoms with Gasteiger partial charge in [-0.2, -0.15) is 0 Å². The third kappa shape index (κ3) is 3.80. The molecule has 2 aliphatic rings. The first-order valence-electron chi connectivity index (χ1n) is 6.97. The Morgan fingerprint density at radius 3 is 2.84 bits per heavy atom. The van der Waals surface area contributed by atoms with Crippen LogP contribution in [0.4, 0.5) is 0 Å². The number of carbonyl (C=O) groups is 2. The van der Waals surface area contributed by atoms with E-state index in [9.17, 15) is 9.59 Å². The highest BCUT2D eigenvalue weighted by atomic mass is 16.5. The number of carbonyl (C=O) groups excluding carboxylic acids is 2. The molecule has 2 amide bonds. The Hall–Kier alpha value is -1.36. The second-order valence-corrected chi connectivity index (χ2v) is 5.39. The van der Waals surface area contributed by atoms with Crippen LogP contribution in [0.15, 0.2) is 12.7 Å². The summed E-state index contributed by atoms with van der Waals surface area (Å²) in [5, 5.41) is 5.63. The van der Waals surface area contributed by atoms with Crippen LogP contribution >= 0.6 is 0 Å². The quantitative estimate of drug-likeness (QED) is 0.726. The molecule has 1 saturated carbocycles. The van der Waals surface area contributed by atoms with Gasteiger partial charge in [0.15, 0.2) is 0 Å². The predicted molar refractivity (Wildman–Crippen MR) is 71.5 cm³/mol. The summed E-state index contributed by atoms with van der Waals surface area (Å²) < 4.78 is 5.82. The lowest BCUT2D eigenvalue weighted by molar-refractivity contribution is -0.141. The highest BCUT2D eigenvalue weighted by Gasteiger charge is 2.42. The van der Waals surface area contributed by atoms with Gasteiger partial charge >= 0.3 is 0 Å². The summed E-state index contributed by atoms with van der Waals surface area (Å²) >= 11 is 0. The maximum Gasteiger partial charge on any atom is 0.243 e. The fraction of sp³-hybridized carbons (Fsp3) is 0.714. The minimum atomic E-state index is -0.243. The third-order valence-corrected chi connectivity index (χ3v) is 3.96. The second kappa shape index (κ2) is 6.19. The molecule has 1 heterocycles. The average Bonchev–Trinajstić information content (AvgIpc) is 2.37. The second-order valence-electron chi connectivity index (χ2n) is 5.39. The van der Waals surface area contributed by atoms with Crippen LogP contribution in [-0.4, -0.2) is 36.6 Å². The smallest absolute Gasteiger partial charge is 0.243 e. The summed E-state index contributed by atoms with van der Waals surface area (Å²) in [6, 6.07) is 0.219. The number of nitrogens with one attached hydrogen (secondary N) is 2. The van der Waals surface area contributed by atoms with E-state index in [2.05, 4.69) is 17.2 Å². The van der Waals surface area contributed by atoms with Crippen molar-refractivity contribution in [3.8, 4) is 0 Å². The maximum absolute atomic E-state index is 11.8.